The van der Waals surface area contributed by atoms with Crippen molar-refractivity contribution in [3.8, 4) is 0 Å². The molecule has 3 unspecified atom stereocenters. The van der Waals surface area contributed by atoms with E-state index in [9.17, 15) is 9.59 Å². The molecule has 1 amide bonds. The van der Waals surface area contributed by atoms with Gasteiger partial charge in [0.25, 0.3) is 0 Å². The summed E-state index contributed by atoms with van der Waals surface area (Å²) < 4.78 is 0. The van der Waals surface area contributed by atoms with Crippen molar-refractivity contribution in [1.29, 1.82) is 0 Å². The van der Waals surface area contributed by atoms with Gasteiger partial charge in [-0.05, 0) is 37.9 Å². The topological polar surface area (TPSA) is 49.4 Å². The van der Waals surface area contributed by atoms with Crippen molar-refractivity contribution in [2.75, 3.05) is 11.9 Å². The molecule has 4 heteroatoms. The maximum atomic E-state index is 14.3. The van der Waals surface area contributed by atoms with Crippen molar-refractivity contribution in [3.05, 3.63) is 101 Å². The number of Topliss-reactive ketones (excluding diaryl/α,β-unsaturated/α-hetero) is 1. The predicted molar refractivity (Wildman–Crippen MR) is 125 cm³/mol. The summed E-state index contributed by atoms with van der Waals surface area (Å²) in [6, 6.07) is 26.2. The number of fused-ring (bicyclic) bond motifs is 4. The fourth-order valence-corrected chi connectivity index (χ4v) is 6.46. The lowest BCUT2D eigenvalue weighted by molar-refractivity contribution is -0.127. The Labute approximate surface area is 188 Å². The van der Waals surface area contributed by atoms with Crippen LogP contribution in [0.4, 0.5) is 5.69 Å². The van der Waals surface area contributed by atoms with Gasteiger partial charge in [-0.25, -0.2) is 0 Å². The number of rotatable bonds is 3. The summed E-state index contributed by atoms with van der Waals surface area (Å²) in [7, 11) is 0. The lowest BCUT2D eigenvalue weighted by Gasteiger charge is -2.36. The van der Waals surface area contributed by atoms with Gasteiger partial charge in [-0.3, -0.25) is 14.5 Å². The van der Waals surface area contributed by atoms with Gasteiger partial charge in [0.05, 0.1) is 5.92 Å². The summed E-state index contributed by atoms with van der Waals surface area (Å²) in [5.41, 5.74) is 3.75. The lowest BCUT2D eigenvalue weighted by Crippen LogP contribution is -2.52. The Morgan fingerprint density at radius 3 is 2.47 bits per heavy atom. The molecule has 6 rings (SSSR count). The average molecular weight is 423 g/mol. The van der Waals surface area contributed by atoms with Crippen LogP contribution in [0, 0.1) is 12.8 Å². The molecule has 2 saturated heterocycles. The SMILES string of the molecule is Cc1ccc(C(=O)C2C(c3ccccc3)C3CCCN3[C@@]23C(=O)Nc2ccccc23)cc1. The molecule has 3 aromatic rings. The molecule has 0 bridgehead atoms. The van der Waals surface area contributed by atoms with Crippen molar-refractivity contribution in [2.45, 2.75) is 37.3 Å². The van der Waals surface area contributed by atoms with Crippen LogP contribution < -0.4 is 5.32 Å². The monoisotopic (exact) mass is 422 g/mol. The van der Waals surface area contributed by atoms with Gasteiger partial charge in [0.2, 0.25) is 5.91 Å². The number of carbonyl (C=O) groups is 2. The van der Waals surface area contributed by atoms with Crippen LogP contribution in [0.3, 0.4) is 0 Å². The normalized spacial score (nSPS) is 28.5. The van der Waals surface area contributed by atoms with Gasteiger partial charge in [-0.1, -0.05) is 78.4 Å². The molecule has 160 valence electrons. The van der Waals surface area contributed by atoms with Gasteiger partial charge in [0, 0.05) is 28.8 Å². The third-order valence-corrected chi connectivity index (χ3v) is 7.71. The standard InChI is InChI=1S/C28H26N2O2/c1-18-13-15-20(16-14-18)26(31)25-24(19-8-3-2-4-9-19)23-12-7-17-30(23)28(25)21-10-5-6-11-22(21)29-27(28)32/h2-6,8-11,13-16,23-25H,7,12,17H2,1H3,(H,29,32)/t23?,24?,25?,28-/m1/s1. The highest BCUT2D eigenvalue weighted by Gasteiger charge is 2.69. The molecular formula is C28H26N2O2. The Morgan fingerprint density at radius 2 is 1.69 bits per heavy atom. The molecular weight excluding hydrogens is 396 g/mol. The number of carbonyl (C=O) groups excluding carboxylic acids is 2. The summed E-state index contributed by atoms with van der Waals surface area (Å²) in [6.07, 6.45) is 2.03. The van der Waals surface area contributed by atoms with Gasteiger partial charge < -0.3 is 5.32 Å². The number of nitrogens with zero attached hydrogens (tertiary/aromatic N) is 1. The maximum Gasteiger partial charge on any atom is 0.250 e. The molecule has 4 atom stereocenters. The third-order valence-electron chi connectivity index (χ3n) is 7.71. The summed E-state index contributed by atoms with van der Waals surface area (Å²) in [6.45, 7) is 2.85. The molecule has 3 aliphatic rings. The van der Waals surface area contributed by atoms with E-state index in [-0.39, 0.29) is 23.7 Å². The average Bonchev–Trinajstić information content (AvgIpc) is 3.48. The molecule has 3 heterocycles. The number of ketones is 1. The van der Waals surface area contributed by atoms with Crippen LogP contribution in [0.25, 0.3) is 0 Å². The minimum absolute atomic E-state index is 0.0376. The van der Waals surface area contributed by atoms with Crippen LogP contribution in [0.15, 0.2) is 78.9 Å². The molecule has 4 nitrogen and oxygen atoms in total. The van der Waals surface area contributed by atoms with Gasteiger partial charge in [-0.2, -0.15) is 0 Å². The Bertz CT molecular complexity index is 1200. The Hall–Kier alpha value is -3.24. The second-order valence-corrected chi connectivity index (χ2v) is 9.31. The van der Waals surface area contributed by atoms with E-state index in [0.29, 0.717) is 5.56 Å². The van der Waals surface area contributed by atoms with Crippen molar-refractivity contribution in [2.24, 2.45) is 5.92 Å². The highest BCUT2D eigenvalue weighted by molar-refractivity contribution is 6.12. The largest absolute Gasteiger partial charge is 0.324 e. The molecule has 1 spiro atoms. The minimum atomic E-state index is -0.972. The first-order chi connectivity index (χ1) is 15.6. The molecule has 1 N–H and O–H groups in total. The zero-order chi connectivity index (χ0) is 21.9. The summed E-state index contributed by atoms with van der Waals surface area (Å²) in [5.74, 6) is -0.527. The first-order valence-corrected chi connectivity index (χ1v) is 11.5. The van der Waals surface area contributed by atoms with Crippen LogP contribution in [0.5, 0.6) is 0 Å². The van der Waals surface area contributed by atoms with E-state index >= 15 is 0 Å². The van der Waals surface area contributed by atoms with E-state index in [1.54, 1.807) is 0 Å². The lowest BCUT2D eigenvalue weighted by atomic mass is 9.69. The molecule has 0 saturated carbocycles. The second kappa shape index (κ2) is 7.14. The highest BCUT2D eigenvalue weighted by atomic mass is 16.2. The zero-order valence-corrected chi connectivity index (χ0v) is 18.1. The number of nitrogens with one attached hydrogen (secondary N) is 1. The maximum absolute atomic E-state index is 14.3. The van der Waals surface area contributed by atoms with Crippen molar-refractivity contribution in [1.82, 2.24) is 4.90 Å². The Balaban J connectivity index is 1.61. The number of para-hydroxylation sites is 1. The van der Waals surface area contributed by atoms with Gasteiger partial charge in [-0.15, -0.1) is 0 Å². The first-order valence-electron chi connectivity index (χ1n) is 11.5. The number of amides is 1. The molecule has 0 radical (unpaired) electrons. The third kappa shape index (κ3) is 2.53. The number of aryl methyl sites for hydroxylation is 1. The number of hydrogen-bond acceptors (Lipinski definition) is 3. The van der Waals surface area contributed by atoms with Crippen LogP contribution >= 0.6 is 0 Å². The van der Waals surface area contributed by atoms with Crippen LogP contribution in [0.2, 0.25) is 0 Å². The fourth-order valence-electron chi connectivity index (χ4n) is 6.46. The van der Waals surface area contributed by atoms with E-state index in [1.165, 1.54) is 0 Å². The van der Waals surface area contributed by atoms with Crippen molar-refractivity contribution in [3.63, 3.8) is 0 Å². The van der Waals surface area contributed by atoms with Gasteiger partial charge >= 0.3 is 0 Å². The predicted octanol–water partition coefficient (Wildman–Crippen LogP) is 4.90. The van der Waals surface area contributed by atoms with Gasteiger partial charge in [0.15, 0.2) is 5.78 Å². The Kier molecular flexibility index (Phi) is 4.34. The molecule has 2 fully saturated rings. The smallest absolute Gasteiger partial charge is 0.250 e. The number of anilines is 1. The number of benzene rings is 3. The minimum Gasteiger partial charge on any atom is -0.324 e. The molecule has 0 aromatic heterocycles. The molecule has 32 heavy (non-hydrogen) atoms. The number of hydrogen-bond donors (Lipinski definition) is 1. The van der Waals surface area contributed by atoms with E-state index in [2.05, 4.69) is 22.3 Å². The molecule has 0 aliphatic carbocycles. The van der Waals surface area contributed by atoms with E-state index in [4.69, 9.17) is 0 Å². The summed E-state index contributed by atoms with van der Waals surface area (Å²) in [5, 5.41) is 3.13. The Morgan fingerprint density at radius 1 is 0.969 bits per heavy atom. The van der Waals surface area contributed by atoms with Crippen LogP contribution in [-0.4, -0.2) is 29.2 Å². The second-order valence-electron chi connectivity index (χ2n) is 9.31. The van der Waals surface area contributed by atoms with Crippen molar-refractivity contribution >= 4 is 17.4 Å². The zero-order valence-electron chi connectivity index (χ0n) is 18.1. The van der Waals surface area contributed by atoms with Gasteiger partial charge in [0.1, 0.15) is 5.54 Å². The summed E-state index contributed by atoms with van der Waals surface area (Å²) >= 11 is 0. The van der Waals surface area contributed by atoms with Crippen LogP contribution in [0.1, 0.15) is 45.8 Å². The van der Waals surface area contributed by atoms with Crippen molar-refractivity contribution < 1.29 is 9.59 Å². The highest BCUT2D eigenvalue weighted by Crippen LogP contribution is 2.61. The van der Waals surface area contributed by atoms with E-state index in [0.717, 1.165) is 41.8 Å². The molecule has 3 aromatic carbocycles. The summed E-state index contributed by atoms with van der Waals surface area (Å²) in [4.78, 5) is 30.5. The molecule has 3 aliphatic heterocycles. The van der Waals surface area contributed by atoms with E-state index in [1.807, 2.05) is 73.7 Å². The van der Waals surface area contributed by atoms with E-state index < -0.39 is 11.5 Å². The van der Waals surface area contributed by atoms with Crippen LogP contribution in [-0.2, 0) is 10.3 Å². The first kappa shape index (κ1) is 19.4. The fraction of sp³-hybridized carbons (Fsp3) is 0.286. The quantitative estimate of drug-likeness (QED) is 0.611.